The lowest BCUT2D eigenvalue weighted by Gasteiger charge is -2.12. The number of carboxylic acids is 2. The van der Waals surface area contributed by atoms with Crippen LogP contribution in [0.2, 0.25) is 0 Å². The van der Waals surface area contributed by atoms with E-state index < -0.39 is 30.6 Å². The third-order valence-corrected chi connectivity index (χ3v) is 3.39. The SMILES string of the molecule is O=C(O)c1cccc(C(=O)Nc2cc(C(=O)O)cc(C(O)CO)c2)c1. The number of hydrogen-bond acceptors (Lipinski definition) is 5. The number of aliphatic hydroxyl groups is 2. The van der Waals surface area contributed by atoms with E-state index >= 15 is 0 Å². The molecule has 0 fully saturated rings. The van der Waals surface area contributed by atoms with E-state index in [9.17, 15) is 19.5 Å². The third-order valence-electron chi connectivity index (χ3n) is 3.39. The topological polar surface area (TPSA) is 144 Å². The summed E-state index contributed by atoms with van der Waals surface area (Å²) >= 11 is 0. The second kappa shape index (κ2) is 7.56. The van der Waals surface area contributed by atoms with Gasteiger partial charge in [-0.3, -0.25) is 4.79 Å². The summed E-state index contributed by atoms with van der Waals surface area (Å²) < 4.78 is 0. The maximum Gasteiger partial charge on any atom is 0.335 e. The predicted molar refractivity (Wildman–Crippen MR) is 86.8 cm³/mol. The van der Waals surface area contributed by atoms with Crippen LogP contribution >= 0.6 is 0 Å². The first-order valence-electron chi connectivity index (χ1n) is 7.13. The van der Waals surface area contributed by atoms with Gasteiger partial charge in [0.2, 0.25) is 0 Å². The molecule has 2 rings (SSSR count). The Hall–Kier alpha value is -3.23. The summed E-state index contributed by atoms with van der Waals surface area (Å²) in [5.41, 5.74) is 0.0397. The number of carbonyl (C=O) groups is 3. The molecule has 0 heterocycles. The van der Waals surface area contributed by atoms with Gasteiger partial charge in [0.1, 0.15) is 6.10 Å². The van der Waals surface area contributed by atoms with Crippen LogP contribution < -0.4 is 5.32 Å². The standard InChI is InChI=1S/C17H15NO7/c19-8-14(20)11-5-12(17(24)25)7-13(6-11)18-15(21)9-2-1-3-10(4-9)16(22)23/h1-7,14,19-20H,8H2,(H,18,21)(H,22,23)(H,24,25). The van der Waals surface area contributed by atoms with E-state index in [-0.39, 0.29) is 27.9 Å². The second-order valence-corrected chi connectivity index (χ2v) is 5.19. The Kier molecular flexibility index (Phi) is 5.48. The van der Waals surface area contributed by atoms with Crippen molar-refractivity contribution in [1.82, 2.24) is 0 Å². The number of carboxylic acid groups (broad SMARTS) is 2. The van der Waals surface area contributed by atoms with E-state index in [1.54, 1.807) is 0 Å². The summed E-state index contributed by atoms with van der Waals surface area (Å²) in [6.45, 7) is -0.614. The minimum atomic E-state index is -1.30. The summed E-state index contributed by atoms with van der Waals surface area (Å²) in [6.07, 6.45) is -1.30. The Labute approximate surface area is 142 Å². The van der Waals surface area contributed by atoms with Crippen molar-refractivity contribution in [3.63, 3.8) is 0 Å². The number of amides is 1. The molecule has 8 nitrogen and oxygen atoms in total. The van der Waals surface area contributed by atoms with Crippen LogP contribution in [0, 0.1) is 0 Å². The Bertz CT molecular complexity index is 831. The van der Waals surface area contributed by atoms with Gasteiger partial charge in [-0.2, -0.15) is 0 Å². The molecule has 1 atom stereocenters. The molecule has 25 heavy (non-hydrogen) atoms. The zero-order chi connectivity index (χ0) is 18.6. The zero-order valence-electron chi connectivity index (χ0n) is 12.8. The van der Waals surface area contributed by atoms with Crippen LogP contribution in [0.5, 0.6) is 0 Å². The van der Waals surface area contributed by atoms with Crippen molar-refractivity contribution in [2.24, 2.45) is 0 Å². The summed E-state index contributed by atoms with van der Waals surface area (Å²) in [4.78, 5) is 34.4. The fourth-order valence-electron chi connectivity index (χ4n) is 2.14. The van der Waals surface area contributed by atoms with Gasteiger partial charge in [0.25, 0.3) is 5.91 Å². The average molecular weight is 345 g/mol. The molecule has 0 aliphatic carbocycles. The molecule has 1 unspecified atom stereocenters. The summed E-state index contributed by atoms with van der Waals surface area (Å²) in [6, 6.07) is 9.03. The first-order valence-corrected chi connectivity index (χ1v) is 7.13. The van der Waals surface area contributed by atoms with Crippen molar-refractivity contribution in [2.45, 2.75) is 6.10 Å². The van der Waals surface area contributed by atoms with Gasteiger partial charge in [-0.15, -0.1) is 0 Å². The van der Waals surface area contributed by atoms with Crippen LogP contribution in [0.1, 0.15) is 42.7 Å². The average Bonchev–Trinajstić information content (AvgIpc) is 2.60. The number of benzene rings is 2. The monoisotopic (exact) mass is 345 g/mol. The Morgan fingerprint density at radius 3 is 2.16 bits per heavy atom. The van der Waals surface area contributed by atoms with Crippen LogP contribution in [0.15, 0.2) is 42.5 Å². The highest BCUT2D eigenvalue weighted by Crippen LogP contribution is 2.21. The molecule has 0 bridgehead atoms. The Morgan fingerprint density at radius 1 is 0.920 bits per heavy atom. The smallest absolute Gasteiger partial charge is 0.335 e. The number of rotatable bonds is 6. The molecule has 2 aromatic rings. The highest BCUT2D eigenvalue weighted by atomic mass is 16.4. The van der Waals surface area contributed by atoms with E-state index in [1.807, 2.05) is 0 Å². The molecule has 0 saturated heterocycles. The largest absolute Gasteiger partial charge is 0.478 e. The number of aliphatic hydroxyl groups excluding tert-OH is 2. The molecule has 0 aliphatic heterocycles. The zero-order valence-corrected chi connectivity index (χ0v) is 12.8. The van der Waals surface area contributed by atoms with Crippen molar-refractivity contribution < 1.29 is 34.8 Å². The lowest BCUT2D eigenvalue weighted by atomic mass is 10.0. The molecule has 130 valence electrons. The maximum atomic E-state index is 12.3. The quantitative estimate of drug-likeness (QED) is 0.531. The van der Waals surface area contributed by atoms with Crippen LogP contribution in [-0.4, -0.2) is 44.9 Å². The van der Waals surface area contributed by atoms with Crippen LogP contribution in [0.25, 0.3) is 0 Å². The van der Waals surface area contributed by atoms with E-state index in [0.29, 0.717) is 0 Å². The van der Waals surface area contributed by atoms with Crippen LogP contribution in [0.4, 0.5) is 5.69 Å². The molecular weight excluding hydrogens is 330 g/mol. The van der Waals surface area contributed by atoms with Gasteiger partial charge < -0.3 is 25.7 Å². The van der Waals surface area contributed by atoms with Gasteiger partial charge in [-0.25, -0.2) is 9.59 Å². The van der Waals surface area contributed by atoms with Gasteiger partial charge in [0.15, 0.2) is 0 Å². The van der Waals surface area contributed by atoms with Crippen molar-refractivity contribution in [1.29, 1.82) is 0 Å². The first kappa shape index (κ1) is 18.1. The molecule has 5 N–H and O–H groups in total. The normalized spacial score (nSPS) is 11.6. The number of anilines is 1. The minimum absolute atomic E-state index is 0.0664. The lowest BCUT2D eigenvalue weighted by molar-refractivity contribution is 0.0685. The maximum absolute atomic E-state index is 12.3. The number of nitrogens with one attached hydrogen (secondary N) is 1. The summed E-state index contributed by atoms with van der Waals surface area (Å²) in [7, 11) is 0. The van der Waals surface area contributed by atoms with Crippen LogP contribution in [0.3, 0.4) is 0 Å². The fraction of sp³-hybridized carbons (Fsp3) is 0.118. The van der Waals surface area contributed by atoms with Crippen molar-refractivity contribution in [3.8, 4) is 0 Å². The minimum Gasteiger partial charge on any atom is -0.478 e. The molecule has 0 aliphatic rings. The van der Waals surface area contributed by atoms with Gasteiger partial charge in [0.05, 0.1) is 17.7 Å². The summed E-state index contributed by atoms with van der Waals surface area (Å²) in [5.74, 6) is -3.10. The molecule has 0 spiro atoms. The van der Waals surface area contributed by atoms with E-state index in [4.69, 9.17) is 15.3 Å². The number of hydrogen-bond donors (Lipinski definition) is 5. The van der Waals surface area contributed by atoms with E-state index in [0.717, 1.165) is 0 Å². The lowest BCUT2D eigenvalue weighted by Crippen LogP contribution is -2.14. The molecule has 0 radical (unpaired) electrons. The van der Waals surface area contributed by atoms with E-state index in [1.165, 1.54) is 42.5 Å². The molecule has 8 heteroatoms. The van der Waals surface area contributed by atoms with Crippen LogP contribution in [-0.2, 0) is 0 Å². The van der Waals surface area contributed by atoms with Gasteiger partial charge >= 0.3 is 11.9 Å². The van der Waals surface area contributed by atoms with Gasteiger partial charge in [-0.05, 0) is 42.0 Å². The first-order chi connectivity index (χ1) is 11.8. The molecular formula is C17H15NO7. The van der Waals surface area contributed by atoms with Crippen molar-refractivity contribution in [2.75, 3.05) is 11.9 Å². The molecule has 2 aromatic carbocycles. The number of carbonyl (C=O) groups excluding carboxylic acids is 1. The summed E-state index contributed by atoms with van der Waals surface area (Å²) in [5, 5.41) is 39.2. The molecule has 0 aromatic heterocycles. The second-order valence-electron chi connectivity index (χ2n) is 5.19. The highest BCUT2D eigenvalue weighted by Gasteiger charge is 2.15. The van der Waals surface area contributed by atoms with Gasteiger partial charge in [-0.1, -0.05) is 6.07 Å². The number of aromatic carboxylic acids is 2. The Balaban J connectivity index is 2.34. The molecule has 1 amide bonds. The van der Waals surface area contributed by atoms with Crippen molar-refractivity contribution in [3.05, 3.63) is 64.7 Å². The highest BCUT2D eigenvalue weighted by molar-refractivity contribution is 6.06. The Morgan fingerprint density at radius 2 is 1.56 bits per heavy atom. The predicted octanol–water partition coefficient (Wildman–Crippen LogP) is 1.36. The fourth-order valence-corrected chi connectivity index (χ4v) is 2.14. The van der Waals surface area contributed by atoms with E-state index in [2.05, 4.69) is 5.32 Å². The van der Waals surface area contributed by atoms with Gasteiger partial charge in [0, 0.05) is 11.3 Å². The third kappa shape index (κ3) is 4.40. The molecule has 0 saturated carbocycles. The van der Waals surface area contributed by atoms with Crippen molar-refractivity contribution >= 4 is 23.5 Å².